The molecule has 2 rings (SSSR count). The summed E-state index contributed by atoms with van der Waals surface area (Å²) in [6, 6.07) is 0.850. The standard InChI is InChI=1S/C10H8ClF3N4/c1-2-18-5-6(4-15-18)7-3-8(10(12,13)14)17-9(11)16-7/h3-5H,2H2,1H3. The second-order valence-corrected chi connectivity index (χ2v) is 3.83. The van der Waals surface area contributed by atoms with Crippen molar-refractivity contribution >= 4 is 11.6 Å². The molecular formula is C10H8ClF3N4. The number of nitrogens with zero attached hydrogens (tertiary/aromatic N) is 4. The van der Waals surface area contributed by atoms with Crippen molar-refractivity contribution in [2.24, 2.45) is 0 Å². The Morgan fingerprint density at radius 2 is 2.06 bits per heavy atom. The molecule has 0 aliphatic rings. The van der Waals surface area contributed by atoms with E-state index in [4.69, 9.17) is 11.6 Å². The minimum Gasteiger partial charge on any atom is -0.272 e. The fourth-order valence-electron chi connectivity index (χ4n) is 1.38. The van der Waals surface area contributed by atoms with Gasteiger partial charge in [0.25, 0.3) is 0 Å². The average molecular weight is 277 g/mol. The van der Waals surface area contributed by atoms with E-state index >= 15 is 0 Å². The van der Waals surface area contributed by atoms with Crippen molar-refractivity contribution < 1.29 is 13.2 Å². The van der Waals surface area contributed by atoms with Crippen molar-refractivity contribution in [1.29, 1.82) is 0 Å². The summed E-state index contributed by atoms with van der Waals surface area (Å²) in [5.74, 6) is 0. The minimum atomic E-state index is -4.55. The van der Waals surface area contributed by atoms with Crippen LogP contribution in [0.4, 0.5) is 13.2 Å². The second kappa shape index (κ2) is 4.56. The lowest BCUT2D eigenvalue weighted by molar-refractivity contribution is -0.141. The molecule has 0 aromatic carbocycles. The molecule has 0 unspecified atom stereocenters. The van der Waals surface area contributed by atoms with E-state index in [0.29, 0.717) is 12.1 Å². The highest BCUT2D eigenvalue weighted by atomic mass is 35.5. The van der Waals surface area contributed by atoms with Gasteiger partial charge in [0.15, 0.2) is 0 Å². The number of hydrogen-bond acceptors (Lipinski definition) is 3. The van der Waals surface area contributed by atoms with Crippen LogP contribution in [0.5, 0.6) is 0 Å². The smallest absolute Gasteiger partial charge is 0.272 e. The van der Waals surface area contributed by atoms with Gasteiger partial charge in [0.1, 0.15) is 5.69 Å². The lowest BCUT2D eigenvalue weighted by atomic mass is 10.2. The molecule has 0 bridgehead atoms. The van der Waals surface area contributed by atoms with E-state index in [-0.39, 0.29) is 5.69 Å². The van der Waals surface area contributed by atoms with E-state index in [1.807, 2.05) is 6.92 Å². The molecule has 0 saturated carbocycles. The molecule has 0 radical (unpaired) electrons. The van der Waals surface area contributed by atoms with Crippen molar-refractivity contribution in [3.05, 3.63) is 29.4 Å². The summed E-state index contributed by atoms with van der Waals surface area (Å²) in [5, 5.41) is 3.52. The van der Waals surface area contributed by atoms with Crippen molar-refractivity contribution in [3.63, 3.8) is 0 Å². The molecule has 2 aromatic heterocycles. The molecule has 2 heterocycles. The summed E-state index contributed by atoms with van der Waals surface area (Å²) in [6.07, 6.45) is -1.52. The summed E-state index contributed by atoms with van der Waals surface area (Å²) in [7, 11) is 0. The fraction of sp³-hybridized carbons (Fsp3) is 0.300. The van der Waals surface area contributed by atoms with Gasteiger partial charge < -0.3 is 0 Å². The van der Waals surface area contributed by atoms with Crippen LogP contribution in [-0.2, 0) is 12.7 Å². The maximum Gasteiger partial charge on any atom is 0.433 e. The molecule has 0 saturated heterocycles. The van der Waals surface area contributed by atoms with Gasteiger partial charge in [-0.3, -0.25) is 4.68 Å². The third-order valence-electron chi connectivity index (χ3n) is 2.24. The first-order chi connectivity index (χ1) is 8.40. The maximum absolute atomic E-state index is 12.6. The van der Waals surface area contributed by atoms with Crippen LogP contribution in [-0.4, -0.2) is 19.7 Å². The second-order valence-electron chi connectivity index (χ2n) is 3.49. The van der Waals surface area contributed by atoms with Gasteiger partial charge in [-0.2, -0.15) is 18.3 Å². The van der Waals surface area contributed by atoms with Crippen molar-refractivity contribution in [2.75, 3.05) is 0 Å². The fourth-order valence-corrected chi connectivity index (χ4v) is 1.56. The first-order valence-corrected chi connectivity index (χ1v) is 5.42. The highest BCUT2D eigenvalue weighted by molar-refractivity contribution is 6.28. The lowest BCUT2D eigenvalue weighted by Gasteiger charge is -2.06. The van der Waals surface area contributed by atoms with Gasteiger partial charge in [0, 0.05) is 18.3 Å². The summed E-state index contributed by atoms with van der Waals surface area (Å²) in [4.78, 5) is 6.93. The molecule has 2 aromatic rings. The predicted molar refractivity (Wildman–Crippen MR) is 58.9 cm³/mol. The van der Waals surface area contributed by atoms with E-state index in [9.17, 15) is 13.2 Å². The van der Waals surface area contributed by atoms with Gasteiger partial charge in [-0.1, -0.05) is 0 Å². The van der Waals surface area contributed by atoms with Crippen molar-refractivity contribution in [2.45, 2.75) is 19.6 Å². The first-order valence-electron chi connectivity index (χ1n) is 5.04. The van der Waals surface area contributed by atoms with Crippen LogP contribution in [0.15, 0.2) is 18.5 Å². The van der Waals surface area contributed by atoms with Crippen LogP contribution in [0.3, 0.4) is 0 Å². The minimum absolute atomic E-state index is 0.0991. The SMILES string of the molecule is CCn1cc(-c2cc(C(F)(F)F)nc(Cl)n2)cn1. The molecule has 18 heavy (non-hydrogen) atoms. The van der Waals surface area contributed by atoms with Gasteiger partial charge in [0.2, 0.25) is 5.28 Å². The molecule has 8 heteroatoms. The summed E-state index contributed by atoms with van der Waals surface area (Å²) in [6.45, 7) is 2.48. The number of halogens is 4. The highest BCUT2D eigenvalue weighted by Crippen LogP contribution is 2.30. The topological polar surface area (TPSA) is 43.6 Å². The Balaban J connectivity index is 2.48. The Kier molecular flexibility index (Phi) is 3.25. The number of rotatable bonds is 2. The Hall–Kier alpha value is -1.63. The van der Waals surface area contributed by atoms with E-state index in [1.165, 1.54) is 6.20 Å². The number of hydrogen-bond donors (Lipinski definition) is 0. The lowest BCUT2D eigenvalue weighted by Crippen LogP contribution is -2.09. The molecule has 0 amide bonds. The number of aromatic nitrogens is 4. The van der Waals surface area contributed by atoms with Gasteiger partial charge in [0.05, 0.1) is 11.9 Å². The van der Waals surface area contributed by atoms with E-state index < -0.39 is 17.2 Å². The number of aryl methyl sites for hydroxylation is 1. The van der Waals surface area contributed by atoms with Gasteiger partial charge >= 0.3 is 6.18 Å². The molecule has 0 aliphatic heterocycles. The molecule has 0 fully saturated rings. The Morgan fingerprint density at radius 3 is 2.61 bits per heavy atom. The van der Waals surface area contributed by atoms with Gasteiger partial charge in [-0.25, -0.2) is 9.97 Å². The van der Waals surface area contributed by atoms with Crippen molar-refractivity contribution in [1.82, 2.24) is 19.7 Å². The molecule has 0 atom stereocenters. The first kappa shape index (κ1) is 12.8. The Morgan fingerprint density at radius 1 is 1.33 bits per heavy atom. The third kappa shape index (κ3) is 2.61. The Labute approximate surface area is 105 Å². The van der Waals surface area contributed by atoms with E-state index in [2.05, 4.69) is 15.1 Å². The summed E-state index contributed by atoms with van der Waals surface area (Å²) < 4.78 is 39.3. The van der Waals surface area contributed by atoms with Crippen LogP contribution in [0, 0.1) is 0 Å². The van der Waals surface area contributed by atoms with E-state index in [0.717, 1.165) is 6.07 Å². The van der Waals surface area contributed by atoms with Crippen LogP contribution in [0.1, 0.15) is 12.6 Å². The molecule has 0 N–H and O–H groups in total. The van der Waals surface area contributed by atoms with Crippen LogP contribution in [0.25, 0.3) is 11.3 Å². The van der Waals surface area contributed by atoms with Crippen LogP contribution in [0.2, 0.25) is 5.28 Å². The summed E-state index contributed by atoms with van der Waals surface area (Å²) >= 11 is 5.50. The molecule has 96 valence electrons. The van der Waals surface area contributed by atoms with Crippen LogP contribution < -0.4 is 0 Å². The average Bonchev–Trinajstić information content (AvgIpc) is 2.75. The van der Waals surface area contributed by atoms with Crippen molar-refractivity contribution in [3.8, 4) is 11.3 Å². The predicted octanol–water partition coefficient (Wildman–Crippen LogP) is 3.03. The molecule has 4 nitrogen and oxygen atoms in total. The normalized spacial score (nSPS) is 11.8. The quantitative estimate of drug-likeness (QED) is 0.792. The third-order valence-corrected chi connectivity index (χ3v) is 2.41. The monoisotopic (exact) mass is 276 g/mol. The van der Waals surface area contributed by atoms with Gasteiger partial charge in [-0.15, -0.1) is 0 Å². The Bertz CT molecular complexity index is 564. The molecule has 0 spiro atoms. The molecule has 0 aliphatic carbocycles. The van der Waals surface area contributed by atoms with E-state index in [1.54, 1.807) is 10.9 Å². The van der Waals surface area contributed by atoms with Crippen LogP contribution >= 0.6 is 11.6 Å². The summed E-state index contributed by atoms with van der Waals surface area (Å²) in [5.41, 5.74) is -0.504. The highest BCUT2D eigenvalue weighted by Gasteiger charge is 2.33. The number of alkyl halides is 3. The maximum atomic E-state index is 12.6. The molecular weight excluding hydrogens is 269 g/mol. The zero-order valence-electron chi connectivity index (χ0n) is 9.24. The zero-order valence-corrected chi connectivity index (χ0v) is 10.00. The largest absolute Gasteiger partial charge is 0.433 e. The van der Waals surface area contributed by atoms with Gasteiger partial charge in [-0.05, 0) is 24.6 Å². The zero-order chi connectivity index (χ0) is 13.3.